The van der Waals surface area contributed by atoms with E-state index in [9.17, 15) is 5.11 Å². The zero-order chi connectivity index (χ0) is 13.1. The fourth-order valence-corrected chi connectivity index (χ4v) is 1.83. The average molecular weight is 237 g/mol. The molecule has 0 unspecified atom stereocenters. The van der Waals surface area contributed by atoms with Crippen molar-refractivity contribution in [2.45, 2.75) is 39.3 Å². The maximum absolute atomic E-state index is 9.91. The van der Waals surface area contributed by atoms with Crippen LogP contribution in [-0.2, 0) is 0 Å². The van der Waals surface area contributed by atoms with E-state index in [1.807, 2.05) is 26.0 Å². The minimum atomic E-state index is -0.747. The molecule has 0 aromatic carbocycles. The maximum atomic E-state index is 9.91. The monoisotopic (exact) mass is 237 g/mol. The van der Waals surface area contributed by atoms with Crippen LogP contribution in [0.25, 0.3) is 0 Å². The van der Waals surface area contributed by atoms with Crippen LogP contribution in [0.5, 0.6) is 0 Å². The highest BCUT2D eigenvalue weighted by Crippen LogP contribution is 2.23. The molecule has 0 fully saturated rings. The van der Waals surface area contributed by atoms with Crippen molar-refractivity contribution in [1.29, 1.82) is 0 Å². The first-order valence-corrected chi connectivity index (χ1v) is 6.03. The molecule has 0 bridgehead atoms. The molecule has 96 valence electrons. The van der Waals surface area contributed by atoms with Gasteiger partial charge in [-0.2, -0.15) is 0 Å². The fraction of sp³-hybridized carbons (Fsp3) is 0.615. The van der Waals surface area contributed by atoms with Crippen LogP contribution in [0.1, 0.15) is 39.3 Å². The topological polar surface area (TPSA) is 62.4 Å². The molecule has 0 saturated heterocycles. The van der Waals surface area contributed by atoms with Gasteiger partial charge in [0.1, 0.15) is 5.82 Å². The molecule has 1 atom stereocenters. The summed E-state index contributed by atoms with van der Waals surface area (Å²) in [6.07, 6.45) is 1.76. The number of aliphatic hydroxyl groups is 1. The van der Waals surface area contributed by atoms with Gasteiger partial charge in [-0.15, -0.1) is 0 Å². The molecule has 4 heteroatoms. The summed E-state index contributed by atoms with van der Waals surface area (Å²) in [7, 11) is 0. The van der Waals surface area contributed by atoms with Gasteiger partial charge in [0.25, 0.3) is 0 Å². The van der Waals surface area contributed by atoms with Crippen LogP contribution in [-0.4, -0.2) is 28.8 Å². The predicted octanol–water partition coefficient (Wildman–Crippen LogP) is 1.70. The molecule has 0 aliphatic heterocycles. The molecule has 4 nitrogen and oxygen atoms in total. The van der Waals surface area contributed by atoms with Crippen molar-refractivity contribution in [2.75, 3.05) is 18.0 Å². The molecule has 3 N–H and O–H groups in total. The van der Waals surface area contributed by atoms with E-state index in [1.165, 1.54) is 0 Å². The predicted molar refractivity (Wildman–Crippen MR) is 71.0 cm³/mol. The smallest absolute Gasteiger partial charge is 0.133 e. The van der Waals surface area contributed by atoms with E-state index < -0.39 is 5.60 Å². The van der Waals surface area contributed by atoms with E-state index in [4.69, 9.17) is 5.73 Å². The SMILES string of the molecule is CCN(CC(C)(C)O)c1ncccc1[C@H](C)N. The lowest BCUT2D eigenvalue weighted by atomic mass is 10.1. The molecule has 17 heavy (non-hydrogen) atoms. The van der Waals surface area contributed by atoms with Gasteiger partial charge in [-0.25, -0.2) is 4.98 Å². The van der Waals surface area contributed by atoms with Crippen molar-refractivity contribution < 1.29 is 5.11 Å². The van der Waals surface area contributed by atoms with E-state index in [0.29, 0.717) is 6.54 Å². The first kappa shape index (κ1) is 13.9. The summed E-state index contributed by atoms with van der Waals surface area (Å²) in [4.78, 5) is 6.44. The van der Waals surface area contributed by atoms with E-state index in [2.05, 4.69) is 9.88 Å². The van der Waals surface area contributed by atoms with Crippen molar-refractivity contribution in [1.82, 2.24) is 4.98 Å². The number of nitrogens with two attached hydrogens (primary N) is 1. The molecule has 0 saturated carbocycles. The third-order valence-corrected chi connectivity index (χ3v) is 2.57. The molecule has 0 spiro atoms. The van der Waals surface area contributed by atoms with Gasteiger partial charge >= 0.3 is 0 Å². The number of likely N-dealkylation sites (N-methyl/N-ethyl adjacent to an activating group) is 1. The summed E-state index contributed by atoms with van der Waals surface area (Å²) in [6, 6.07) is 3.81. The van der Waals surface area contributed by atoms with Crippen LogP contribution in [0.2, 0.25) is 0 Å². The Bertz CT molecular complexity index is 358. The van der Waals surface area contributed by atoms with Gasteiger partial charge in [0.05, 0.1) is 5.60 Å². The molecule has 0 radical (unpaired) electrons. The maximum Gasteiger partial charge on any atom is 0.133 e. The standard InChI is InChI=1S/C13H23N3O/c1-5-16(9-13(3,4)17)12-11(10(2)14)7-6-8-15-12/h6-8,10,17H,5,9,14H2,1-4H3/t10-/m0/s1. The van der Waals surface area contributed by atoms with E-state index >= 15 is 0 Å². The van der Waals surface area contributed by atoms with E-state index in [-0.39, 0.29) is 6.04 Å². The Morgan fingerprint density at radius 2 is 2.18 bits per heavy atom. The summed E-state index contributed by atoms with van der Waals surface area (Å²) in [6.45, 7) is 8.92. The number of rotatable bonds is 5. The molecule has 0 amide bonds. The second-order valence-electron chi connectivity index (χ2n) is 5.03. The van der Waals surface area contributed by atoms with Gasteiger partial charge in [-0.3, -0.25) is 0 Å². The Labute approximate surface area is 103 Å². The first-order chi connectivity index (χ1) is 7.85. The van der Waals surface area contributed by atoms with Gasteiger partial charge in [0.15, 0.2) is 0 Å². The van der Waals surface area contributed by atoms with Gasteiger partial charge in [0.2, 0.25) is 0 Å². The number of aromatic nitrogens is 1. The zero-order valence-electron chi connectivity index (χ0n) is 11.1. The zero-order valence-corrected chi connectivity index (χ0v) is 11.1. The van der Waals surface area contributed by atoms with Crippen molar-refractivity contribution >= 4 is 5.82 Å². The molecule has 0 aliphatic carbocycles. The number of hydrogen-bond donors (Lipinski definition) is 2. The van der Waals surface area contributed by atoms with Crippen LogP contribution in [0.4, 0.5) is 5.82 Å². The number of hydrogen-bond acceptors (Lipinski definition) is 4. The second-order valence-corrected chi connectivity index (χ2v) is 5.03. The summed E-state index contributed by atoms with van der Waals surface area (Å²) >= 11 is 0. The Morgan fingerprint density at radius 1 is 1.53 bits per heavy atom. The minimum Gasteiger partial charge on any atom is -0.389 e. The van der Waals surface area contributed by atoms with Crippen molar-refractivity contribution in [3.8, 4) is 0 Å². The van der Waals surface area contributed by atoms with Gasteiger partial charge in [0, 0.05) is 30.9 Å². The summed E-state index contributed by atoms with van der Waals surface area (Å²) < 4.78 is 0. The molecule has 0 aliphatic rings. The third-order valence-electron chi connectivity index (χ3n) is 2.57. The summed E-state index contributed by atoms with van der Waals surface area (Å²) in [5, 5.41) is 9.91. The van der Waals surface area contributed by atoms with Gasteiger partial charge < -0.3 is 15.7 Å². The Hall–Kier alpha value is -1.13. The fourth-order valence-electron chi connectivity index (χ4n) is 1.83. The highest BCUT2D eigenvalue weighted by molar-refractivity contribution is 5.48. The highest BCUT2D eigenvalue weighted by atomic mass is 16.3. The van der Waals surface area contributed by atoms with Crippen LogP contribution in [0.3, 0.4) is 0 Å². The Kier molecular flexibility index (Phi) is 4.48. The van der Waals surface area contributed by atoms with Crippen molar-refractivity contribution in [2.24, 2.45) is 5.73 Å². The molecule has 1 heterocycles. The van der Waals surface area contributed by atoms with E-state index in [1.54, 1.807) is 20.0 Å². The highest BCUT2D eigenvalue weighted by Gasteiger charge is 2.21. The molecule has 1 aromatic rings. The van der Waals surface area contributed by atoms with Crippen LogP contribution < -0.4 is 10.6 Å². The quantitative estimate of drug-likeness (QED) is 0.818. The van der Waals surface area contributed by atoms with Crippen LogP contribution in [0.15, 0.2) is 18.3 Å². The Balaban J connectivity index is 3.03. The normalized spacial score (nSPS) is 13.5. The second kappa shape index (κ2) is 5.47. The average Bonchev–Trinajstić information content (AvgIpc) is 2.24. The molecular formula is C13H23N3O. The minimum absolute atomic E-state index is 0.0606. The largest absolute Gasteiger partial charge is 0.389 e. The lowest BCUT2D eigenvalue weighted by Crippen LogP contribution is -2.39. The lowest BCUT2D eigenvalue weighted by Gasteiger charge is -2.30. The molecular weight excluding hydrogens is 214 g/mol. The number of pyridine rings is 1. The summed E-state index contributed by atoms with van der Waals surface area (Å²) in [5.41, 5.74) is 6.21. The van der Waals surface area contributed by atoms with Crippen molar-refractivity contribution in [3.05, 3.63) is 23.9 Å². The van der Waals surface area contributed by atoms with Crippen molar-refractivity contribution in [3.63, 3.8) is 0 Å². The van der Waals surface area contributed by atoms with E-state index in [0.717, 1.165) is 17.9 Å². The molecule has 1 rings (SSSR count). The van der Waals surface area contributed by atoms with Gasteiger partial charge in [-0.05, 0) is 33.8 Å². The lowest BCUT2D eigenvalue weighted by molar-refractivity contribution is 0.0873. The van der Waals surface area contributed by atoms with Gasteiger partial charge in [-0.1, -0.05) is 6.07 Å². The first-order valence-electron chi connectivity index (χ1n) is 6.03. The van der Waals surface area contributed by atoms with Crippen LogP contribution in [0, 0.1) is 0 Å². The Morgan fingerprint density at radius 3 is 2.65 bits per heavy atom. The molecule has 1 aromatic heterocycles. The third kappa shape index (κ3) is 3.98. The summed E-state index contributed by atoms with van der Waals surface area (Å²) in [5.74, 6) is 0.868. The van der Waals surface area contributed by atoms with Crippen LogP contribution >= 0.6 is 0 Å². The number of anilines is 1. The number of nitrogens with zero attached hydrogens (tertiary/aromatic N) is 2.